The number of esters is 1. The molecule has 2 fully saturated rings. The van der Waals surface area contributed by atoms with E-state index in [-0.39, 0.29) is 17.8 Å². The van der Waals surface area contributed by atoms with Gasteiger partial charge in [0.15, 0.2) is 11.5 Å². The van der Waals surface area contributed by atoms with Gasteiger partial charge >= 0.3 is 5.97 Å². The van der Waals surface area contributed by atoms with Gasteiger partial charge in [0.05, 0.1) is 13.0 Å². The van der Waals surface area contributed by atoms with Crippen molar-refractivity contribution in [3.8, 4) is 11.5 Å². The molecule has 3 atom stereocenters. The Balaban J connectivity index is 1.43. The van der Waals surface area contributed by atoms with Crippen molar-refractivity contribution in [3.05, 3.63) is 94.0 Å². The molecule has 0 radical (unpaired) electrons. The van der Waals surface area contributed by atoms with Crippen molar-refractivity contribution in [3.63, 3.8) is 0 Å². The standard InChI is InChI=1S/C30H32BrNO4/c1-34-27-18-22(14-15-26(27)35-20-21-10-4-2-5-11-21)29-28(23-12-6-7-13-25(23)31)24(30(33)36-29)19-32-16-8-3-9-17-32/h2,4-7,10-15,18,24,28-29H,3,8-9,16-17,19-20H2,1H3/t24-,28-,29+/m1/s1. The van der Waals surface area contributed by atoms with Gasteiger partial charge in [0.25, 0.3) is 0 Å². The highest BCUT2D eigenvalue weighted by molar-refractivity contribution is 9.10. The molecule has 2 heterocycles. The summed E-state index contributed by atoms with van der Waals surface area (Å²) in [6.45, 7) is 3.25. The van der Waals surface area contributed by atoms with Crippen molar-refractivity contribution >= 4 is 21.9 Å². The summed E-state index contributed by atoms with van der Waals surface area (Å²) in [5.41, 5.74) is 3.09. The van der Waals surface area contributed by atoms with Gasteiger partial charge in [-0.15, -0.1) is 0 Å². The Morgan fingerprint density at radius 1 is 0.944 bits per heavy atom. The second-order valence-corrected chi connectivity index (χ2v) is 10.4. The molecule has 0 amide bonds. The van der Waals surface area contributed by atoms with Gasteiger partial charge in [-0.05, 0) is 60.8 Å². The van der Waals surface area contributed by atoms with Crippen molar-refractivity contribution in [2.75, 3.05) is 26.7 Å². The van der Waals surface area contributed by atoms with E-state index >= 15 is 0 Å². The zero-order chi connectivity index (χ0) is 24.9. The van der Waals surface area contributed by atoms with Crippen LogP contribution >= 0.6 is 15.9 Å². The van der Waals surface area contributed by atoms with Gasteiger partial charge in [0.1, 0.15) is 12.7 Å². The molecule has 0 spiro atoms. The number of likely N-dealkylation sites (tertiary alicyclic amines) is 1. The summed E-state index contributed by atoms with van der Waals surface area (Å²) in [5, 5.41) is 0. The monoisotopic (exact) mass is 549 g/mol. The number of carbonyl (C=O) groups excluding carboxylic acids is 1. The molecule has 3 aromatic rings. The van der Waals surface area contributed by atoms with Gasteiger partial charge in [-0.3, -0.25) is 4.79 Å². The van der Waals surface area contributed by atoms with E-state index in [2.05, 4.69) is 26.9 Å². The summed E-state index contributed by atoms with van der Waals surface area (Å²) < 4.78 is 18.9. The van der Waals surface area contributed by atoms with Crippen LogP contribution in [-0.2, 0) is 16.1 Å². The van der Waals surface area contributed by atoms with Crippen molar-refractivity contribution in [2.24, 2.45) is 5.92 Å². The van der Waals surface area contributed by atoms with E-state index in [0.29, 0.717) is 18.1 Å². The molecule has 6 heteroatoms. The molecule has 2 saturated heterocycles. The van der Waals surface area contributed by atoms with E-state index in [1.807, 2.05) is 66.7 Å². The Hall–Kier alpha value is -2.83. The van der Waals surface area contributed by atoms with Crippen LogP contribution in [0, 0.1) is 5.92 Å². The summed E-state index contributed by atoms with van der Waals surface area (Å²) in [4.78, 5) is 15.7. The van der Waals surface area contributed by atoms with Crippen LogP contribution in [0.25, 0.3) is 0 Å². The van der Waals surface area contributed by atoms with Gasteiger partial charge < -0.3 is 19.1 Å². The molecule has 5 nitrogen and oxygen atoms in total. The number of nitrogens with zero attached hydrogens (tertiary/aromatic N) is 1. The fraction of sp³-hybridized carbons (Fsp3) is 0.367. The molecular weight excluding hydrogens is 518 g/mol. The maximum Gasteiger partial charge on any atom is 0.311 e. The fourth-order valence-electron chi connectivity index (χ4n) is 5.37. The van der Waals surface area contributed by atoms with Crippen molar-refractivity contribution < 1.29 is 19.0 Å². The molecule has 0 aromatic heterocycles. The van der Waals surface area contributed by atoms with Gasteiger partial charge in [-0.2, -0.15) is 0 Å². The zero-order valence-electron chi connectivity index (χ0n) is 20.6. The minimum Gasteiger partial charge on any atom is -0.493 e. The Labute approximate surface area is 221 Å². The lowest BCUT2D eigenvalue weighted by Crippen LogP contribution is -2.37. The van der Waals surface area contributed by atoms with Gasteiger partial charge in [0, 0.05) is 16.9 Å². The van der Waals surface area contributed by atoms with Gasteiger partial charge in [-0.1, -0.05) is 76.9 Å². The van der Waals surface area contributed by atoms with Crippen LogP contribution in [0.3, 0.4) is 0 Å². The normalized spacial score (nSPS) is 22.3. The lowest BCUT2D eigenvalue weighted by molar-refractivity contribution is -0.145. The molecule has 0 bridgehead atoms. The first-order valence-electron chi connectivity index (χ1n) is 12.7. The zero-order valence-corrected chi connectivity index (χ0v) is 22.2. The molecule has 36 heavy (non-hydrogen) atoms. The Bertz CT molecular complexity index is 1180. The number of cyclic esters (lactones) is 1. The predicted molar refractivity (Wildman–Crippen MR) is 143 cm³/mol. The first-order chi connectivity index (χ1) is 17.6. The first kappa shape index (κ1) is 24.8. The summed E-state index contributed by atoms with van der Waals surface area (Å²) in [7, 11) is 1.64. The van der Waals surface area contributed by atoms with E-state index in [0.717, 1.165) is 40.8 Å². The molecule has 2 aliphatic heterocycles. The van der Waals surface area contributed by atoms with Crippen LogP contribution in [0.15, 0.2) is 77.3 Å². The van der Waals surface area contributed by atoms with E-state index in [1.54, 1.807) is 7.11 Å². The number of carbonyl (C=O) groups is 1. The molecule has 0 aliphatic carbocycles. The van der Waals surface area contributed by atoms with E-state index in [1.165, 1.54) is 19.3 Å². The summed E-state index contributed by atoms with van der Waals surface area (Å²) in [6.07, 6.45) is 3.24. The van der Waals surface area contributed by atoms with E-state index in [9.17, 15) is 4.79 Å². The number of methoxy groups -OCH3 is 1. The lowest BCUT2D eigenvalue weighted by Gasteiger charge is -2.30. The smallest absolute Gasteiger partial charge is 0.311 e. The topological polar surface area (TPSA) is 48.0 Å². The molecule has 0 saturated carbocycles. The number of piperidine rings is 1. The number of halogens is 1. The third kappa shape index (κ3) is 5.45. The Morgan fingerprint density at radius 3 is 2.44 bits per heavy atom. The second kappa shape index (κ2) is 11.5. The summed E-state index contributed by atoms with van der Waals surface area (Å²) in [6, 6.07) is 24.1. The van der Waals surface area contributed by atoms with Crippen molar-refractivity contribution in [1.82, 2.24) is 4.90 Å². The first-order valence-corrected chi connectivity index (χ1v) is 13.5. The Kier molecular flexibility index (Phi) is 7.93. The number of hydrogen-bond acceptors (Lipinski definition) is 5. The minimum atomic E-state index is -0.400. The number of hydrogen-bond donors (Lipinski definition) is 0. The largest absolute Gasteiger partial charge is 0.493 e. The predicted octanol–water partition coefficient (Wildman–Crippen LogP) is 6.52. The highest BCUT2D eigenvalue weighted by Crippen LogP contribution is 2.49. The Morgan fingerprint density at radius 2 is 1.69 bits per heavy atom. The van der Waals surface area contributed by atoms with Crippen LogP contribution in [-0.4, -0.2) is 37.6 Å². The SMILES string of the molecule is COc1cc([C@@H]2OC(=O)[C@H](CN3CCCCC3)[C@H]2c2ccccc2Br)ccc1OCc1ccccc1. The number of ether oxygens (including phenoxy) is 3. The molecule has 0 N–H and O–H groups in total. The minimum absolute atomic E-state index is 0.101. The maximum atomic E-state index is 13.3. The second-order valence-electron chi connectivity index (χ2n) is 9.56. The highest BCUT2D eigenvalue weighted by Gasteiger charge is 2.47. The lowest BCUT2D eigenvalue weighted by atomic mass is 9.81. The molecule has 2 aliphatic rings. The van der Waals surface area contributed by atoms with Gasteiger partial charge in [0.2, 0.25) is 0 Å². The molecule has 3 aromatic carbocycles. The van der Waals surface area contributed by atoms with Crippen LogP contribution < -0.4 is 9.47 Å². The third-order valence-electron chi connectivity index (χ3n) is 7.23. The van der Waals surface area contributed by atoms with Crippen LogP contribution in [0.5, 0.6) is 11.5 Å². The number of benzene rings is 3. The number of rotatable bonds is 8. The average molecular weight is 550 g/mol. The quantitative estimate of drug-likeness (QED) is 0.299. The van der Waals surface area contributed by atoms with Crippen LogP contribution in [0.4, 0.5) is 0 Å². The van der Waals surface area contributed by atoms with Crippen LogP contribution in [0.2, 0.25) is 0 Å². The highest BCUT2D eigenvalue weighted by atomic mass is 79.9. The van der Waals surface area contributed by atoms with Crippen molar-refractivity contribution in [1.29, 1.82) is 0 Å². The summed E-state index contributed by atoms with van der Waals surface area (Å²) >= 11 is 3.74. The molecule has 5 rings (SSSR count). The maximum absolute atomic E-state index is 13.3. The molecule has 0 unspecified atom stereocenters. The molecular formula is C30H32BrNO4. The van der Waals surface area contributed by atoms with Crippen molar-refractivity contribution in [2.45, 2.75) is 37.9 Å². The third-order valence-corrected chi connectivity index (χ3v) is 7.95. The molecule has 188 valence electrons. The van der Waals surface area contributed by atoms with E-state index < -0.39 is 6.10 Å². The van der Waals surface area contributed by atoms with Gasteiger partial charge in [-0.25, -0.2) is 0 Å². The summed E-state index contributed by atoms with van der Waals surface area (Å²) in [5.74, 6) is 0.832. The average Bonchev–Trinajstić information content (AvgIpc) is 3.24. The van der Waals surface area contributed by atoms with E-state index in [4.69, 9.17) is 14.2 Å². The van der Waals surface area contributed by atoms with Crippen LogP contribution in [0.1, 0.15) is 48.0 Å². The fourth-order valence-corrected chi connectivity index (χ4v) is 5.92.